The van der Waals surface area contributed by atoms with Crippen LogP contribution in [0.15, 0.2) is 72.8 Å². The van der Waals surface area contributed by atoms with Gasteiger partial charge in [-0.3, -0.25) is 0 Å². The number of hydrogen-bond donors (Lipinski definition) is 0. The molecule has 0 aromatic heterocycles. The Kier molecular flexibility index (Phi) is 4.99. The van der Waals surface area contributed by atoms with Gasteiger partial charge in [0.25, 0.3) is 0 Å². The fraction of sp³-hybridized carbons (Fsp3) is 0.318. The number of benzene rings is 2. The normalized spacial score (nSPS) is 19.1. The summed E-state index contributed by atoms with van der Waals surface area (Å²) in [6, 6.07) is 19.6. The molecule has 1 atom stereocenters. The van der Waals surface area contributed by atoms with E-state index in [9.17, 15) is 4.79 Å². The zero-order chi connectivity index (χ0) is 18.8. The maximum absolute atomic E-state index is 12.0. The van der Waals surface area contributed by atoms with Crippen LogP contribution in [0.3, 0.4) is 0 Å². The van der Waals surface area contributed by atoms with E-state index in [1.807, 2.05) is 74.5 Å². The lowest BCUT2D eigenvalue weighted by molar-refractivity contribution is -0.185. The van der Waals surface area contributed by atoms with E-state index in [-0.39, 0.29) is 0 Å². The molecule has 26 heavy (non-hydrogen) atoms. The van der Waals surface area contributed by atoms with Gasteiger partial charge in [0.2, 0.25) is 5.79 Å². The maximum Gasteiger partial charge on any atom is 0.333 e. The van der Waals surface area contributed by atoms with Crippen molar-refractivity contribution in [1.29, 1.82) is 0 Å². The van der Waals surface area contributed by atoms with Crippen LogP contribution < -0.4 is 0 Å². The largest absolute Gasteiger partial charge is 0.453 e. The third-order valence-corrected chi connectivity index (χ3v) is 4.53. The van der Waals surface area contributed by atoms with E-state index in [1.165, 1.54) is 0 Å². The van der Waals surface area contributed by atoms with Crippen molar-refractivity contribution >= 4 is 5.97 Å². The molecule has 1 aliphatic heterocycles. The van der Waals surface area contributed by atoms with Crippen LogP contribution in [-0.4, -0.2) is 24.3 Å². The van der Waals surface area contributed by atoms with Gasteiger partial charge in [0.05, 0.1) is 6.61 Å². The number of carbonyl (C=O) groups is 1. The zero-order valence-corrected chi connectivity index (χ0v) is 15.4. The van der Waals surface area contributed by atoms with Gasteiger partial charge in [-0.25, -0.2) is 4.79 Å². The van der Waals surface area contributed by atoms with Crippen LogP contribution in [0.2, 0.25) is 0 Å². The van der Waals surface area contributed by atoms with Crippen molar-refractivity contribution in [3.05, 3.63) is 83.9 Å². The molecule has 136 valence electrons. The average molecular weight is 352 g/mol. The number of ether oxygens (including phenoxy) is 3. The molecule has 4 nitrogen and oxygen atoms in total. The van der Waals surface area contributed by atoms with Crippen molar-refractivity contribution in [3.63, 3.8) is 0 Å². The van der Waals surface area contributed by atoms with Gasteiger partial charge in [0.15, 0.2) is 0 Å². The quantitative estimate of drug-likeness (QED) is 0.597. The second-order valence-corrected chi connectivity index (χ2v) is 7.04. The standard InChI is InChI=1S/C22H24O4/c1-16(2)20(23)26-21(3,4)19-15-24-22(25-19,17-11-7-5-8-12-17)18-13-9-6-10-14-18/h5-14,19H,1,15H2,2-4H3. The predicted octanol–water partition coefficient (Wildman–Crippen LogP) is 4.20. The molecule has 4 heteroatoms. The molecule has 0 saturated carbocycles. The van der Waals surface area contributed by atoms with Crippen molar-refractivity contribution in [1.82, 2.24) is 0 Å². The molecule has 2 aromatic rings. The molecule has 3 rings (SSSR count). The lowest BCUT2D eigenvalue weighted by Crippen LogP contribution is -2.43. The monoisotopic (exact) mass is 352 g/mol. The fourth-order valence-corrected chi connectivity index (χ4v) is 2.98. The van der Waals surface area contributed by atoms with E-state index < -0.39 is 23.5 Å². The Balaban J connectivity index is 1.94. The summed E-state index contributed by atoms with van der Waals surface area (Å²) in [6.07, 6.45) is -0.425. The van der Waals surface area contributed by atoms with Gasteiger partial charge in [0.1, 0.15) is 11.7 Å². The molecule has 0 N–H and O–H groups in total. The van der Waals surface area contributed by atoms with Crippen molar-refractivity contribution in [2.24, 2.45) is 0 Å². The molecule has 1 unspecified atom stereocenters. The van der Waals surface area contributed by atoms with Crippen LogP contribution in [0.4, 0.5) is 0 Å². The van der Waals surface area contributed by atoms with Gasteiger partial charge in [-0.05, 0) is 20.8 Å². The average Bonchev–Trinajstić information content (AvgIpc) is 3.10. The Hall–Kier alpha value is -2.43. The van der Waals surface area contributed by atoms with E-state index in [4.69, 9.17) is 14.2 Å². The summed E-state index contributed by atoms with van der Waals surface area (Å²) >= 11 is 0. The van der Waals surface area contributed by atoms with Crippen molar-refractivity contribution in [2.45, 2.75) is 38.3 Å². The molecule has 1 aliphatic rings. The molecular formula is C22H24O4. The first-order valence-electron chi connectivity index (χ1n) is 8.67. The fourth-order valence-electron chi connectivity index (χ4n) is 2.98. The third kappa shape index (κ3) is 3.43. The molecule has 0 aliphatic carbocycles. The van der Waals surface area contributed by atoms with Gasteiger partial charge >= 0.3 is 5.97 Å². The van der Waals surface area contributed by atoms with Gasteiger partial charge in [-0.1, -0.05) is 67.2 Å². The minimum Gasteiger partial charge on any atom is -0.453 e. The molecule has 0 amide bonds. The highest BCUT2D eigenvalue weighted by Gasteiger charge is 2.50. The second-order valence-electron chi connectivity index (χ2n) is 7.04. The van der Waals surface area contributed by atoms with Gasteiger partial charge in [-0.2, -0.15) is 0 Å². The summed E-state index contributed by atoms with van der Waals surface area (Å²) in [6.45, 7) is 9.23. The SMILES string of the molecule is C=C(C)C(=O)OC(C)(C)C1COC(c2ccccc2)(c2ccccc2)O1. The third-order valence-electron chi connectivity index (χ3n) is 4.53. The highest BCUT2D eigenvalue weighted by molar-refractivity contribution is 5.87. The van der Waals surface area contributed by atoms with E-state index in [2.05, 4.69) is 6.58 Å². The summed E-state index contributed by atoms with van der Waals surface area (Å²) in [4.78, 5) is 12.0. The Morgan fingerprint density at radius 2 is 1.58 bits per heavy atom. The van der Waals surface area contributed by atoms with Gasteiger partial charge in [-0.15, -0.1) is 0 Å². The number of hydrogen-bond acceptors (Lipinski definition) is 4. The Labute approximate surface area is 154 Å². The lowest BCUT2D eigenvalue weighted by atomic mass is 9.97. The van der Waals surface area contributed by atoms with Crippen LogP contribution >= 0.6 is 0 Å². The molecule has 2 aromatic carbocycles. The van der Waals surface area contributed by atoms with Crippen molar-refractivity contribution in [3.8, 4) is 0 Å². The van der Waals surface area contributed by atoms with E-state index in [0.717, 1.165) is 11.1 Å². The highest BCUT2D eigenvalue weighted by atomic mass is 16.8. The Bertz CT molecular complexity index is 741. The highest BCUT2D eigenvalue weighted by Crippen LogP contribution is 2.43. The number of rotatable bonds is 5. The first-order valence-corrected chi connectivity index (χ1v) is 8.67. The molecule has 1 heterocycles. The van der Waals surface area contributed by atoms with E-state index in [0.29, 0.717) is 12.2 Å². The van der Waals surface area contributed by atoms with Crippen LogP contribution in [0.1, 0.15) is 31.9 Å². The summed E-state index contributed by atoms with van der Waals surface area (Å²) in [5.41, 5.74) is 1.29. The first-order chi connectivity index (χ1) is 12.3. The Morgan fingerprint density at radius 1 is 1.08 bits per heavy atom. The molecule has 1 saturated heterocycles. The van der Waals surface area contributed by atoms with Gasteiger partial charge < -0.3 is 14.2 Å². The topological polar surface area (TPSA) is 44.8 Å². The van der Waals surface area contributed by atoms with E-state index in [1.54, 1.807) is 6.92 Å². The maximum atomic E-state index is 12.0. The van der Waals surface area contributed by atoms with Crippen molar-refractivity contribution < 1.29 is 19.0 Å². The van der Waals surface area contributed by atoms with Crippen LogP contribution in [-0.2, 0) is 24.8 Å². The summed E-state index contributed by atoms with van der Waals surface area (Å²) in [5.74, 6) is -1.46. The summed E-state index contributed by atoms with van der Waals surface area (Å²) in [7, 11) is 0. The number of esters is 1. The van der Waals surface area contributed by atoms with Gasteiger partial charge in [0, 0.05) is 16.7 Å². The zero-order valence-electron chi connectivity index (χ0n) is 15.4. The minimum atomic E-state index is -1.03. The molecule has 1 fully saturated rings. The van der Waals surface area contributed by atoms with Crippen LogP contribution in [0, 0.1) is 0 Å². The van der Waals surface area contributed by atoms with Crippen LogP contribution in [0.25, 0.3) is 0 Å². The molecular weight excluding hydrogens is 328 g/mol. The smallest absolute Gasteiger partial charge is 0.333 e. The number of carbonyl (C=O) groups excluding carboxylic acids is 1. The molecule has 0 bridgehead atoms. The first kappa shape index (κ1) is 18.4. The lowest BCUT2D eigenvalue weighted by Gasteiger charge is -2.33. The summed E-state index contributed by atoms with van der Waals surface area (Å²) < 4.78 is 18.3. The Morgan fingerprint density at radius 3 is 2.04 bits per heavy atom. The van der Waals surface area contributed by atoms with Crippen molar-refractivity contribution in [2.75, 3.05) is 6.61 Å². The van der Waals surface area contributed by atoms with Crippen LogP contribution in [0.5, 0.6) is 0 Å². The second kappa shape index (κ2) is 7.06. The molecule has 0 radical (unpaired) electrons. The minimum absolute atomic E-state index is 0.306. The molecule has 0 spiro atoms. The summed E-state index contributed by atoms with van der Waals surface area (Å²) in [5, 5.41) is 0. The predicted molar refractivity (Wildman–Crippen MR) is 99.5 cm³/mol. The van der Waals surface area contributed by atoms with E-state index >= 15 is 0 Å².